The third kappa shape index (κ3) is 3.90. The molecule has 2 atom stereocenters. The Morgan fingerprint density at radius 2 is 2.26 bits per heavy atom. The standard InChI is InChI=1S/C15H21NO2S/c1-12-5-4-8-16(10-12)15(17)14-7-3-6-13(9-14)11-19(2)18/h3,6-7,9,12H,4-5,8,10-11H2,1-2H3. The van der Waals surface area contributed by atoms with Gasteiger partial charge >= 0.3 is 0 Å². The van der Waals surface area contributed by atoms with E-state index in [1.165, 1.54) is 6.42 Å². The molecule has 104 valence electrons. The zero-order valence-electron chi connectivity index (χ0n) is 11.6. The fourth-order valence-electron chi connectivity index (χ4n) is 2.59. The van der Waals surface area contributed by atoms with Gasteiger partial charge in [-0.1, -0.05) is 19.1 Å². The fraction of sp³-hybridized carbons (Fsp3) is 0.533. The topological polar surface area (TPSA) is 37.4 Å². The maximum Gasteiger partial charge on any atom is 0.253 e. The fourth-order valence-corrected chi connectivity index (χ4v) is 3.23. The van der Waals surface area contributed by atoms with E-state index in [1.54, 1.807) is 6.26 Å². The highest BCUT2D eigenvalue weighted by Crippen LogP contribution is 2.18. The van der Waals surface area contributed by atoms with Gasteiger partial charge in [0.1, 0.15) is 0 Å². The second-order valence-corrected chi connectivity index (χ2v) is 6.85. The molecule has 1 aromatic carbocycles. The Hall–Kier alpha value is -1.16. The summed E-state index contributed by atoms with van der Waals surface area (Å²) in [6.07, 6.45) is 3.98. The third-order valence-electron chi connectivity index (χ3n) is 3.49. The van der Waals surface area contributed by atoms with Gasteiger partial charge in [-0.05, 0) is 36.5 Å². The van der Waals surface area contributed by atoms with E-state index in [-0.39, 0.29) is 5.91 Å². The van der Waals surface area contributed by atoms with E-state index in [9.17, 15) is 9.00 Å². The molecule has 1 fully saturated rings. The Balaban J connectivity index is 2.12. The summed E-state index contributed by atoms with van der Waals surface area (Å²) in [5.74, 6) is 1.21. The van der Waals surface area contributed by atoms with E-state index in [0.717, 1.165) is 30.6 Å². The average Bonchev–Trinajstić information content (AvgIpc) is 2.37. The Morgan fingerprint density at radius 1 is 1.47 bits per heavy atom. The predicted octanol–water partition coefficient (Wildman–Crippen LogP) is 2.44. The molecule has 0 N–H and O–H groups in total. The van der Waals surface area contributed by atoms with Crippen LogP contribution < -0.4 is 0 Å². The first-order valence-corrected chi connectivity index (χ1v) is 8.47. The minimum atomic E-state index is -0.873. The number of hydrogen-bond acceptors (Lipinski definition) is 2. The number of likely N-dealkylation sites (tertiary alicyclic amines) is 1. The average molecular weight is 279 g/mol. The number of piperidine rings is 1. The molecule has 1 aromatic rings. The lowest BCUT2D eigenvalue weighted by Crippen LogP contribution is -2.39. The van der Waals surface area contributed by atoms with Gasteiger partial charge in [-0.3, -0.25) is 9.00 Å². The van der Waals surface area contributed by atoms with Crippen molar-refractivity contribution < 1.29 is 9.00 Å². The summed E-state index contributed by atoms with van der Waals surface area (Å²) >= 11 is 0. The number of benzene rings is 1. The maximum absolute atomic E-state index is 12.4. The summed E-state index contributed by atoms with van der Waals surface area (Å²) in [6, 6.07) is 7.53. The molecule has 4 heteroatoms. The summed E-state index contributed by atoms with van der Waals surface area (Å²) in [5, 5.41) is 0. The highest BCUT2D eigenvalue weighted by molar-refractivity contribution is 7.83. The van der Waals surface area contributed by atoms with Gasteiger partial charge in [0.15, 0.2) is 0 Å². The molecule has 2 rings (SSSR count). The molecule has 0 saturated carbocycles. The molecule has 1 amide bonds. The number of amides is 1. The number of rotatable bonds is 3. The minimum Gasteiger partial charge on any atom is -0.338 e. The number of nitrogens with zero attached hydrogens (tertiary/aromatic N) is 1. The molecule has 3 nitrogen and oxygen atoms in total. The van der Waals surface area contributed by atoms with E-state index in [2.05, 4.69) is 6.92 Å². The molecule has 19 heavy (non-hydrogen) atoms. The molecule has 1 saturated heterocycles. The number of hydrogen-bond donors (Lipinski definition) is 0. The summed E-state index contributed by atoms with van der Waals surface area (Å²) in [5.41, 5.74) is 1.69. The monoisotopic (exact) mass is 279 g/mol. The second-order valence-electron chi connectivity index (χ2n) is 5.42. The predicted molar refractivity (Wildman–Crippen MR) is 78.5 cm³/mol. The number of carbonyl (C=O) groups is 1. The van der Waals surface area contributed by atoms with E-state index in [1.807, 2.05) is 29.2 Å². The lowest BCUT2D eigenvalue weighted by Gasteiger charge is -2.31. The molecule has 0 radical (unpaired) electrons. The normalized spacial score (nSPS) is 21.2. The third-order valence-corrected chi connectivity index (χ3v) is 4.23. The number of carbonyl (C=O) groups excluding carboxylic acids is 1. The van der Waals surface area contributed by atoms with Gasteiger partial charge in [0.05, 0.1) is 0 Å². The van der Waals surface area contributed by atoms with E-state index in [0.29, 0.717) is 11.7 Å². The van der Waals surface area contributed by atoms with Crippen molar-refractivity contribution >= 4 is 16.7 Å². The van der Waals surface area contributed by atoms with Crippen molar-refractivity contribution in [3.05, 3.63) is 35.4 Å². The Labute approximate surface area is 117 Å². The van der Waals surface area contributed by atoms with Crippen LogP contribution in [-0.2, 0) is 16.6 Å². The lowest BCUT2D eigenvalue weighted by atomic mass is 9.99. The highest BCUT2D eigenvalue weighted by Gasteiger charge is 2.22. The minimum absolute atomic E-state index is 0.107. The van der Waals surface area contributed by atoms with Gasteiger partial charge in [-0.2, -0.15) is 0 Å². The first-order chi connectivity index (χ1) is 9.06. The Bertz CT molecular complexity index is 487. The largest absolute Gasteiger partial charge is 0.338 e. The van der Waals surface area contributed by atoms with Crippen LogP contribution in [-0.4, -0.2) is 34.4 Å². The summed E-state index contributed by atoms with van der Waals surface area (Å²) < 4.78 is 11.3. The van der Waals surface area contributed by atoms with Crippen molar-refractivity contribution in [2.24, 2.45) is 5.92 Å². The van der Waals surface area contributed by atoms with Gasteiger partial charge in [0.2, 0.25) is 0 Å². The van der Waals surface area contributed by atoms with Crippen LogP contribution in [0.1, 0.15) is 35.7 Å². The van der Waals surface area contributed by atoms with Crippen LogP contribution in [0.5, 0.6) is 0 Å². The quantitative estimate of drug-likeness (QED) is 0.852. The van der Waals surface area contributed by atoms with Gasteiger partial charge in [-0.25, -0.2) is 0 Å². The lowest BCUT2D eigenvalue weighted by molar-refractivity contribution is 0.0683. The molecule has 0 bridgehead atoms. The van der Waals surface area contributed by atoms with E-state index in [4.69, 9.17) is 0 Å². The molecular weight excluding hydrogens is 258 g/mol. The van der Waals surface area contributed by atoms with Gasteiger partial charge in [-0.15, -0.1) is 0 Å². The molecule has 0 aliphatic carbocycles. The van der Waals surface area contributed by atoms with Crippen molar-refractivity contribution in [3.63, 3.8) is 0 Å². The summed E-state index contributed by atoms with van der Waals surface area (Å²) in [4.78, 5) is 14.4. The van der Waals surface area contributed by atoms with Crippen molar-refractivity contribution in [3.8, 4) is 0 Å². The molecule has 0 aromatic heterocycles. The molecule has 1 aliphatic heterocycles. The first-order valence-electron chi connectivity index (χ1n) is 6.74. The highest BCUT2D eigenvalue weighted by atomic mass is 32.2. The molecule has 1 aliphatic rings. The maximum atomic E-state index is 12.4. The van der Waals surface area contributed by atoms with E-state index < -0.39 is 10.8 Å². The summed E-state index contributed by atoms with van der Waals surface area (Å²) in [7, 11) is -0.873. The Kier molecular flexibility index (Phi) is 4.75. The summed E-state index contributed by atoms with van der Waals surface area (Å²) in [6.45, 7) is 3.89. The van der Waals surface area contributed by atoms with Crippen LogP contribution in [0.2, 0.25) is 0 Å². The van der Waals surface area contributed by atoms with Crippen LogP contribution in [0.4, 0.5) is 0 Å². The van der Waals surface area contributed by atoms with Gasteiger partial charge in [0, 0.05) is 41.5 Å². The zero-order valence-corrected chi connectivity index (χ0v) is 12.4. The van der Waals surface area contributed by atoms with Crippen LogP contribution in [0.25, 0.3) is 0 Å². The van der Waals surface area contributed by atoms with E-state index >= 15 is 0 Å². The second kappa shape index (κ2) is 6.33. The zero-order chi connectivity index (χ0) is 13.8. The van der Waals surface area contributed by atoms with Gasteiger partial charge < -0.3 is 4.90 Å². The van der Waals surface area contributed by atoms with Crippen LogP contribution in [0.15, 0.2) is 24.3 Å². The van der Waals surface area contributed by atoms with Crippen LogP contribution in [0, 0.1) is 5.92 Å². The molecule has 1 heterocycles. The molecule has 2 unspecified atom stereocenters. The van der Waals surface area contributed by atoms with Gasteiger partial charge in [0.25, 0.3) is 5.91 Å². The van der Waals surface area contributed by atoms with Crippen molar-refractivity contribution in [2.45, 2.75) is 25.5 Å². The van der Waals surface area contributed by atoms with Crippen molar-refractivity contribution in [2.75, 3.05) is 19.3 Å². The van der Waals surface area contributed by atoms with Crippen LogP contribution >= 0.6 is 0 Å². The smallest absolute Gasteiger partial charge is 0.253 e. The SMILES string of the molecule is CC1CCCN(C(=O)c2cccc(CS(C)=O)c2)C1. The molecule has 0 spiro atoms. The first kappa shape index (κ1) is 14.3. The van der Waals surface area contributed by atoms with Crippen molar-refractivity contribution in [1.29, 1.82) is 0 Å². The Morgan fingerprint density at radius 3 is 2.95 bits per heavy atom. The molecular formula is C15H21NO2S. The van der Waals surface area contributed by atoms with Crippen LogP contribution in [0.3, 0.4) is 0 Å². The van der Waals surface area contributed by atoms with Crippen molar-refractivity contribution in [1.82, 2.24) is 4.90 Å².